The summed E-state index contributed by atoms with van der Waals surface area (Å²) in [4.78, 5) is 17.1. The van der Waals surface area contributed by atoms with Crippen LogP contribution in [0.25, 0.3) is 4.85 Å². The van der Waals surface area contributed by atoms with E-state index in [1.165, 1.54) is 62.4 Å². The molecule has 10 aromatic rings. The maximum atomic E-state index is 13.9. The predicted molar refractivity (Wildman–Crippen MR) is 376 cm³/mol. The molecule has 3 aliphatic rings. The Balaban J connectivity index is 0.000000173. The lowest BCUT2D eigenvalue weighted by atomic mass is 10.1. The number of nitrogens with one attached hydrogen (secondary N) is 3. The highest BCUT2D eigenvalue weighted by atomic mass is 32.2. The van der Waals surface area contributed by atoms with Crippen LogP contribution in [0.2, 0.25) is 0 Å². The van der Waals surface area contributed by atoms with Crippen LogP contribution in [0, 0.1) is 6.57 Å². The number of nitrogens with two attached hydrogens (primary N) is 1. The number of rotatable bonds is 15. The highest BCUT2D eigenvalue weighted by Crippen LogP contribution is 2.46. The van der Waals surface area contributed by atoms with Crippen LogP contribution in [-0.2, 0) is 93.2 Å². The number of oxime groups is 1. The standard InChI is InChI=1S/C26H21F6N5O5S.C22H17F6N5O4S.C22H14F6N4O3S/c1-24(2,38)23-35-21(36-42-23)12-14-3-9-18-19(11-14)37(13-15-4-10-20(25(27,28)29)34-22(15)33-18)43(39,40)17-7-5-16(6-8-17)41-26(30,31)32;23-21(24,25)18-8-2-13-11-33(38(35,36)15-5-3-14(4-6-15)37-22(26,27)28)17-9-12(10-19(29)32-34)1-7-16(17)30-20(13)31-18;1-29-11-13-2-8-17-18(10-13)32(12-14-3-9-19(21(23,24)25)31-20(14)30-17)36(33,34)16-6-4-15(5-7-16)35-22(26,27)28/h3-11,38H,12-13H2,1-2H3,(H,33,34);1-9,34H,10-11H2,(H2,29,32)(H,30,31);2-10H,11-12H2,(H,30,31). The molecule has 0 amide bonds. The van der Waals surface area contributed by atoms with Gasteiger partial charge in [0.05, 0.1) is 68.4 Å². The number of hydrogen-bond donors (Lipinski definition) is 6. The normalized spacial score (nSPS) is 14.0. The van der Waals surface area contributed by atoms with Crippen molar-refractivity contribution in [1.29, 1.82) is 0 Å². The van der Waals surface area contributed by atoms with E-state index < -0.39 is 137 Å². The number of amidine groups is 1. The zero-order valence-electron chi connectivity index (χ0n) is 58.9. The van der Waals surface area contributed by atoms with E-state index in [4.69, 9.17) is 22.0 Å². The van der Waals surface area contributed by atoms with Gasteiger partial charge in [-0.05, 0) is 158 Å². The number of anilines is 9. The second-order valence-electron chi connectivity index (χ2n) is 25.5. The lowest BCUT2D eigenvalue weighted by Crippen LogP contribution is -2.30. The van der Waals surface area contributed by atoms with Gasteiger partial charge in [-0.15, -0.1) is 39.5 Å². The molecular weight excluding hydrogens is 1670 g/mol. The molecule has 26 nitrogen and oxygen atoms in total. The number of fused-ring (bicyclic) bond motifs is 6. The van der Waals surface area contributed by atoms with Gasteiger partial charge in [0, 0.05) is 35.1 Å². The first-order chi connectivity index (χ1) is 54.3. The zero-order chi connectivity index (χ0) is 85.6. The summed E-state index contributed by atoms with van der Waals surface area (Å²) < 4.78 is 334. The van der Waals surface area contributed by atoms with Gasteiger partial charge < -0.3 is 55.6 Å². The third-order valence-electron chi connectivity index (χ3n) is 16.6. The third kappa shape index (κ3) is 20.4. The van der Waals surface area contributed by atoms with Gasteiger partial charge in [-0.2, -0.15) is 44.5 Å². The van der Waals surface area contributed by atoms with Crippen molar-refractivity contribution in [3.8, 4) is 17.2 Å². The van der Waals surface area contributed by atoms with Crippen molar-refractivity contribution in [2.45, 2.75) is 111 Å². The Morgan fingerprint density at radius 1 is 0.479 bits per heavy atom. The van der Waals surface area contributed by atoms with Crippen molar-refractivity contribution in [2.24, 2.45) is 10.9 Å². The predicted octanol–water partition coefficient (Wildman–Crippen LogP) is 16.3. The second kappa shape index (κ2) is 31.9. The molecule has 7 N–H and O–H groups in total. The summed E-state index contributed by atoms with van der Waals surface area (Å²) in [7, 11) is -13.5. The summed E-state index contributed by atoms with van der Waals surface area (Å²) in [6.45, 7) is 8.48. The topological polar surface area (TPSA) is 337 Å². The molecule has 0 radical (unpaired) electrons. The van der Waals surface area contributed by atoms with E-state index in [0.29, 0.717) is 28.8 Å². The van der Waals surface area contributed by atoms with E-state index in [9.17, 15) is 109 Å². The summed E-state index contributed by atoms with van der Waals surface area (Å²) in [6, 6.07) is 28.8. The second-order valence-corrected chi connectivity index (χ2v) is 31.1. The third-order valence-corrected chi connectivity index (χ3v) is 21.9. The Morgan fingerprint density at radius 2 is 0.795 bits per heavy atom. The molecule has 0 saturated heterocycles. The van der Waals surface area contributed by atoms with E-state index >= 15 is 0 Å². The molecule has 0 spiro atoms. The molecule has 3 aliphatic heterocycles. The molecule has 6 aromatic carbocycles. The fourth-order valence-corrected chi connectivity index (χ4v) is 15.7. The largest absolute Gasteiger partial charge is 0.573 e. The van der Waals surface area contributed by atoms with Gasteiger partial charge in [-0.25, -0.2) is 46.8 Å². The van der Waals surface area contributed by atoms with Crippen LogP contribution in [0.5, 0.6) is 17.2 Å². The van der Waals surface area contributed by atoms with Crippen molar-refractivity contribution in [3.63, 3.8) is 0 Å². The van der Waals surface area contributed by atoms with Gasteiger partial charge in [0.25, 0.3) is 36.0 Å². The minimum Gasteiger partial charge on any atom is -0.409 e. The number of benzene rings is 6. The van der Waals surface area contributed by atoms with Crippen LogP contribution in [-0.4, -0.2) is 85.6 Å². The Bertz CT molecular complexity index is 5830. The van der Waals surface area contributed by atoms with Crippen LogP contribution in [0.4, 0.5) is 131 Å². The number of alkyl halides is 18. The number of aromatic nitrogens is 5. The van der Waals surface area contributed by atoms with Crippen molar-refractivity contribution < 1.29 is 133 Å². The molecule has 117 heavy (non-hydrogen) atoms. The van der Waals surface area contributed by atoms with Gasteiger partial charge >= 0.3 is 37.6 Å². The first-order valence-corrected chi connectivity index (χ1v) is 37.1. The number of halogens is 18. The summed E-state index contributed by atoms with van der Waals surface area (Å²) >= 11 is 0. The smallest absolute Gasteiger partial charge is 0.409 e. The molecule has 0 bridgehead atoms. The maximum absolute atomic E-state index is 13.9. The number of aliphatic hydroxyl groups is 1. The van der Waals surface area contributed by atoms with Crippen molar-refractivity contribution >= 4 is 87.5 Å². The first-order valence-electron chi connectivity index (χ1n) is 32.8. The zero-order valence-corrected chi connectivity index (χ0v) is 61.3. The van der Waals surface area contributed by atoms with Crippen molar-refractivity contribution in [2.75, 3.05) is 28.9 Å². The molecule has 0 fully saturated rings. The number of nitrogens with zero attached hydrogens (tertiary/aromatic N) is 10. The lowest BCUT2D eigenvalue weighted by Gasteiger charge is -2.25. The minimum absolute atomic E-state index is 0.00545. The Hall–Kier alpha value is -12.6. The highest BCUT2D eigenvalue weighted by Gasteiger charge is 2.42. The number of hydrogen-bond acceptors (Lipinski definition) is 21. The van der Waals surface area contributed by atoms with Gasteiger partial charge in [-0.1, -0.05) is 40.6 Å². The molecule has 13 rings (SSSR count). The quantitative estimate of drug-likeness (QED) is 0.0139. The summed E-state index contributed by atoms with van der Waals surface area (Å²) in [5.41, 5.74) is 2.42. The number of pyridine rings is 3. The van der Waals surface area contributed by atoms with Crippen LogP contribution < -0.4 is 48.8 Å². The molecular formula is C70H52F18N14O12S3. The van der Waals surface area contributed by atoms with E-state index in [0.717, 1.165) is 110 Å². The van der Waals surface area contributed by atoms with Crippen LogP contribution in [0.15, 0.2) is 188 Å². The monoisotopic (exact) mass is 1720 g/mol. The first kappa shape index (κ1) is 85.3. The van der Waals surface area contributed by atoms with E-state index in [2.05, 4.69) is 65.3 Å². The summed E-state index contributed by atoms with van der Waals surface area (Å²) in [5, 5.41) is 33.9. The molecule has 0 saturated carbocycles. The average molecular weight is 1720 g/mol. The van der Waals surface area contributed by atoms with Gasteiger partial charge in [0.1, 0.15) is 63.2 Å². The molecule has 47 heteroatoms. The van der Waals surface area contributed by atoms with Gasteiger partial charge in [-0.3, -0.25) is 12.9 Å². The molecule has 4 aromatic heterocycles. The SMILES string of the molecule is CC(C)(O)c1nc(Cc2ccc3c(c2)N(S(=O)(=O)c2ccc(OC(F)(F)F)cc2)Cc2ccc(C(F)(F)F)nc2N3)no1.N/C(Cc1ccc2c(c1)N(S(=O)(=O)c1ccc(OC(F)(F)F)cc1)Cc1ccc(C(F)(F)F)nc1N2)=N\O.[C-]#[N+]Cc1ccc2c(c1)N(S(=O)(=O)c1ccc(OC(F)(F)F)cc1)Cc1ccc(C(F)(F)F)nc1N2. The van der Waals surface area contributed by atoms with Crippen molar-refractivity contribution in [1.82, 2.24) is 25.1 Å². The summed E-state index contributed by atoms with van der Waals surface area (Å²) in [5.74, 6) is -2.70. The van der Waals surface area contributed by atoms with Crippen LogP contribution in [0.3, 0.4) is 0 Å². The molecule has 0 unspecified atom stereocenters. The molecule has 0 atom stereocenters. The fourth-order valence-electron chi connectivity index (χ4n) is 11.3. The van der Waals surface area contributed by atoms with Crippen LogP contribution >= 0.6 is 0 Å². The van der Waals surface area contributed by atoms with Crippen LogP contribution in [0.1, 0.15) is 76.0 Å². The lowest BCUT2D eigenvalue weighted by molar-refractivity contribution is -0.275. The van der Waals surface area contributed by atoms with Gasteiger partial charge in [0.2, 0.25) is 6.54 Å². The Labute approximate surface area is 648 Å². The fraction of sp³-hybridized carbons (Fsp3) is 0.214. The minimum atomic E-state index is -5.00. The van der Waals surface area contributed by atoms with Crippen molar-refractivity contribution in [3.05, 3.63) is 237 Å². The van der Waals surface area contributed by atoms with Gasteiger partial charge in [0.15, 0.2) is 5.82 Å². The van der Waals surface area contributed by atoms with E-state index in [1.807, 2.05) is 0 Å². The highest BCUT2D eigenvalue weighted by molar-refractivity contribution is 7.93. The molecule has 0 aliphatic carbocycles. The Morgan fingerprint density at radius 3 is 1.09 bits per heavy atom. The van der Waals surface area contributed by atoms with E-state index in [-0.39, 0.29) is 110 Å². The maximum Gasteiger partial charge on any atom is 0.573 e. The average Bonchev–Trinajstić information content (AvgIpc) is 1.59. The Kier molecular flexibility index (Phi) is 23.3. The molecule has 7 heterocycles. The van der Waals surface area contributed by atoms with E-state index in [1.54, 1.807) is 6.07 Å². The summed E-state index contributed by atoms with van der Waals surface area (Å²) in [6.07, 6.45) is -29.3. The number of sulfonamides is 3. The number of ether oxygens (including phenoxy) is 3. The molecule has 618 valence electrons.